The molecule has 45 heavy (non-hydrogen) atoms. The molecule has 0 amide bonds. The first kappa shape index (κ1) is 25.6. The van der Waals surface area contributed by atoms with Gasteiger partial charge in [-0.3, -0.25) is 0 Å². The smallest absolute Gasteiger partial charge is 0.143 e. The van der Waals surface area contributed by atoms with Crippen molar-refractivity contribution >= 4 is 80.4 Å². The molecule has 7 aromatic carbocycles. The van der Waals surface area contributed by atoms with Gasteiger partial charge in [0.15, 0.2) is 0 Å². The highest BCUT2D eigenvalue weighted by molar-refractivity contribution is 7.05. The maximum absolute atomic E-state index is 6.55. The van der Waals surface area contributed by atoms with Gasteiger partial charge in [0.25, 0.3) is 0 Å². The molecule has 214 valence electrons. The van der Waals surface area contributed by atoms with Crippen LogP contribution >= 0.6 is 0 Å². The Hall–Kier alpha value is -4.71. The molecule has 0 N–H and O–H groups in total. The number of hydrogen-bond acceptors (Lipinski definition) is 1. The normalized spacial score (nSPS) is 15.5. The van der Waals surface area contributed by atoms with Crippen LogP contribution in [0.15, 0.2) is 126 Å². The number of furan rings is 1. The zero-order valence-electron chi connectivity index (χ0n) is 26.0. The van der Waals surface area contributed by atoms with Crippen LogP contribution < -0.4 is 20.7 Å². The monoisotopic (exact) mass is 608 g/mol. The van der Waals surface area contributed by atoms with Crippen molar-refractivity contribution in [3.63, 3.8) is 0 Å². The summed E-state index contributed by atoms with van der Waals surface area (Å²) >= 11 is 0. The number of benzene rings is 7. The summed E-state index contributed by atoms with van der Waals surface area (Å²) in [4.78, 5) is 0. The summed E-state index contributed by atoms with van der Waals surface area (Å²) in [6, 6.07) is 45.8. The molecule has 0 atom stereocenters. The van der Waals surface area contributed by atoms with Gasteiger partial charge in [-0.25, -0.2) is 0 Å². The van der Waals surface area contributed by atoms with Crippen molar-refractivity contribution in [3.8, 4) is 33.4 Å². The molecule has 2 aliphatic rings. The predicted molar refractivity (Wildman–Crippen MR) is 199 cm³/mol. The van der Waals surface area contributed by atoms with Gasteiger partial charge >= 0.3 is 0 Å². The lowest BCUT2D eigenvalue weighted by atomic mass is 9.92. The third kappa shape index (κ3) is 3.17. The van der Waals surface area contributed by atoms with Crippen LogP contribution in [-0.4, -0.2) is 16.1 Å². The zero-order chi connectivity index (χ0) is 30.2. The van der Waals surface area contributed by atoms with Crippen LogP contribution in [0.3, 0.4) is 0 Å². The molecule has 1 nitrogen and oxygen atoms in total. The molecular formula is C42H32OSi2. The van der Waals surface area contributed by atoms with Gasteiger partial charge in [0.2, 0.25) is 0 Å². The first-order valence-corrected chi connectivity index (χ1v) is 22.0. The summed E-state index contributed by atoms with van der Waals surface area (Å²) in [7, 11) is -3.66. The topological polar surface area (TPSA) is 13.1 Å². The predicted octanol–water partition coefficient (Wildman–Crippen LogP) is 9.17. The molecule has 0 saturated carbocycles. The van der Waals surface area contributed by atoms with Crippen LogP contribution in [-0.2, 0) is 0 Å². The molecule has 0 aliphatic carbocycles. The van der Waals surface area contributed by atoms with E-state index in [9.17, 15) is 0 Å². The summed E-state index contributed by atoms with van der Waals surface area (Å²) in [5.74, 6) is 0. The average Bonchev–Trinajstić information content (AvgIpc) is 3.64. The van der Waals surface area contributed by atoms with Crippen LogP contribution in [0.2, 0.25) is 26.2 Å². The van der Waals surface area contributed by atoms with Gasteiger partial charge in [0, 0.05) is 16.2 Å². The van der Waals surface area contributed by atoms with E-state index in [1.54, 1.807) is 15.6 Å². The molecule has 0 unspecified atom stereocenters. The summed E-state index contributed by atoms with van der Waals surface area (Å²) in [6.07, 6.45) is 0. The minimum absolute atomic E-state index is 0.950. The molecule has 0 bridgehead atoms. The molecule has 10 rings (SSSR count). The molecule has 1 aromatic heterocycles. The van der Waals surface area contributed by atoms with E-state index in [1.807, 2.05) is 0 Å². The van der Waals surface area contributed by atoms with Crippen molar-refractivity contribution in [2.24, 2.45) is 0 Å². The number of hydrogen-bond donors (Lipinski definition) is 0. The molecule has 0 fully saturated rings. The Labute approximate surface area is 264 Å². The zero-order valence-corrected chi connectivity index (χ0v) is 28.0. The molecule has 0 radical (unpaired) electrons. The molecule has 2 aliphatic heterocycles. The van der Waals surface area contributed by atoms with E-state index in [2.05, 4.69) is 148 Å². The van der Waals surface area contributed by atoms with Crippen LogP contribution in [0.4, 0.5) is 0 Å². The molecule has 0 spiro atoms. The van der Waals surface area contributed by atoms with Crippen molar-refractivity contribution in [1.82, 2.24) is 0 Å². The Bertz CT molecular complexity index is 2600. The first-order chi connectivity index (χ1) is 21.8. The van der Waals surface area contributed by atoms with Crippen molar-refractivity contribution in [3.05, 3.63) is 121 Å². The standard InChI is InChI=1S/C42H32OSi2/c1-44(2)35-15-8-7-12-31(35)40-29-21-23-37-41(30(29)20-22-36(40)44)32-18-17-26(24-38(32)45(37,3)4)27-13-9-14-34-39(27)33-19-16-25-10-5-6-11-28(25)42(33)43-34/h5-24H,1-4H3. The molecule has 3 heterocycles. The van der Waals surface area contributed by atoms with E-state index < -0.39 is 16.1 Å². The number of fused-ring (bicyclic) bond motifs is 14. The average molecular weight is 609 g/mol. The SMILES string of the molecule is C[Si]1(C)c2ccccc2-c2c1ccc1c3c(ccc21)[Si](C)(C)c1cc(-c2cccc4oc5c6ccccc6ccc5c24)ccc1-3. The highest BCUT2D eigenvalue weighted by Crippen LogP contribution is 2.43. The van der Waals surface area contributed by atoms with Gasteiger partial charge < -0.3 is 4.42 Å². The van der Waals surface area contributed by atoms with Crippen LogP contribution in [0.5, 0.6) is 0 Å². The van der Waals surface area contributed by atoms with Crippen LogP contribution in [0.25, 0.3) is 76.9 Å². The summed E-state index contributed by atoms with van der Waals surface area (Å²) in [5.41, 5.74) is 10.3. The van der Waals surface area contributed by atoms with Crippen molar-refractivity contribution in [1.29, 1.82) is 0 Å². The van der Waals surface area contributed by atoms with E-state index in [4.69, 9.17) is 4.42 Å². The van der Waals surface area contributed by atoms with Crippen LogP contribution in [0.1, 0.15) is 0 Å². The van der Waals surface area contributed by atoms with Crippen molar-refractivity contribution < 1.29 is 4.42 Å². The second kappa shape index (κ2) is 8.51. The van der Waals surface area contributed by atoms with E-state index in [0.717, 1.165) is 11.2 Å². The third-order valence-electron chi connectivity index (χ3n) is 11.1. The van der Waals surface area contributed by atoms with Gasteiger partial charge in [-0.1, -0.05) is 135 Å². The lowest BCUT2D eigenvalue weighted by molar-refractivity contribution is 0.673. The second-order valence-corrected chi connectivity index (χ2v) is 22.7. The van der Waals surface area contributed by atoms with E-state index >= 15 is 0 Å². The molecular weight excluding hydrogens is 577 g/mol. The second-order valence-electron chi connectivity index (χ2n) is 14.1. The van der Waals surface area contributed by atoms with Gasteiger partial charge in [-0.05, 0) is 82.4 Å². The van der Waals surface area contributed by atoms with E-state index in [-0.39, 0.29) is 0 Å². The van der Waals surface area contributed by atoms with Gasteiger partial charge in [-0.15, -0.1) is 0 Å². The third-order valence-corrected chi connectivity index (χ3v) is 18.1. The fraction of sp³-hybridized carbons (Fsp3) is 0.0952. The molecule has 0 saturated heterocycles. The maximum atomic E-state index is 6.55. The summed E-state index contributed by atoms with van der Waals surface area (Å²) in [5, 5.41) is 13.8. The Morgan fingerprint density at radius 1 is 0.444 bits per heavy atom. The van der Waals surface area contributed by atoms with Crippen molar-refractivity contribution in [2.45, 2.75) is 26.2 Å². The van der Waals surface area contributed by atoms with Gasteiger partial charge in [0.05, 0.1) is 0 Å². The Morgan fingerprint density at radius 3 is 1.89 bits per heavy atom. The van der Waals surface area contributed by atoms with E-state index in [1.165, 1.54) is 70.9 Å². The fourth-order valence-corrected chi connectivity index (χ4v) is 15.0. The van der Waals surface area contributed by atoms with Gasteiger partial charge in [0.1, 0.15) is 27.3 Å². The highest BCUT2D eigenvalue weighted by atomic mass is 28.3. The quantitative estimate of drug-likeness (QED) is 0.169. The Morgan fingerprint density at radius 2 is 1.09 bits per heavy atom. The number of rotatable bonds is 1. The Balaban J connectivity index is 1.20. The Kier molecular flexibility index (Phi) is 4.84. The fourth-order valence-electron chi connectivity index (χ4n) is 8.81. The lowest BCUT2D eigenvalue weighted by Gasteiger charge is -2.21. The van der Waals surface area contributed by atoms with Crippen LogP contribution in [0, 0.1) is 0 Å². The minimum atomic E-state index is -1.94. The lowest BCUT2D eigenvalue weighted by Crippen LogP contribution is -2.49. The largest absolute Gasteiger partial charge is 0.455 e. The molecule has 3 heteroatoms. The highest BCUT2D eigenvalue weighted by Gasteiger charge is 2.41. The first-order valence-electron chi connectivity index (χ1n) is 16.0. The van der Waals surface area contributed by atoms with Crippen molar-refractivity contribution in [2.75, 3.05) is 0 Å². The molecule has 8 aromatic rings. The summed E-state index contributed by atoms with van der Waals surface area (Å²) < 4.78 is 6.55. The summed E-state index contributed by atoms with van der Waals surface area (Å²) in [6.45, 7) is 10.1. The van der Waals surface area contributed by atoms with E-state index in [0.29, 0.717) is 0 Å². The minimum Gasteiger partial charge on any atom is -0.455 e. The maximum Gasteiger partial charge on any atom is 0.143 e. The van der Waals surface area contributed by atoms with Gasteiger partial charge in [-0.2, -0.15) is 0 Å².